The topological polar surface area (TPSA) is 121 Å². The Bertz CT molecular complexity index is 1720. The summed E-state index contributed by atoms with van der Waals surface area (Å²) in [6.45, 7) is 3.89. The second-order valence-electron chi connectivity index (χ2n) is 9.38. The summed E-state index contributed by atoms with van der Waals surface area (Å²) in [5.41, 5.74) is 0.775. The Kier molecular flexibility index (Phi) is 7.57. The van der Waals surface area contributed by atoms with E-state index >= 15 is 0 Å². The quantitative estimate of drug-likeness (QED) is 0.299. The number of unbranched alkanes of at least 4 members (excludes halogenated alkanes) is 1. The maximum absolute atomic E-state index is 14.1. The fourth-order valence-electron chi connectivity index (χ4n) is 4.89. The molecule has 0 amide bonds. The van der Waals surface area contributed by atoms with E-state index in [-0.39, 0.29) is 17.5 Å². The molecule has 0 saturated heterocycles. The Morgan fingerprint density at radius 2 is 1.85 bits per heavy atom. The molecule has 4 aromatic rings. The zero-order chi connectivity index (χ0) is 28.4. The van der Waals surface area contributed by atoms with Crippen molar-refractivity contribution in [2.75, 3.05) is 6.79 Å². The molecule has 2 aromatic heterocycles. The monoisotopic (exact) mass is 565 g/mol. The van der Waals surface area contributed by atoms with Crippen LogP contribution in [0.5, 0.6) is 17.4 Å². The van der Waals surface area contributed by atoms with Gasteiger partial charge in [-0.3, -0.25) is 14.3 Å². The summed E-state index contributed by atoms with van der Waals surface area (Å²) >= 11 is 0. The number of aryl methyl sites for hydroxylation is 1. The fourth-order valence-corrected chi connectivity index (χ4v) is 6.23. The van der Waals surface area contributed by atoms with Crippen LogP contribution >= 0.6 is 0 Å². The van der Waals surface area contributed by atoms with Crippen molar-refractivity contribution in [1.29, 1.82) is 0 Å². The molecule has 11 heteroatoms. The van der Waals surface area contributed by atoms with E-state index in [1.165, 1.54) is 41.1 Å². The number of aromatic nitrogens is 3. The molecule has 9 nitrogen and oxygen atoms in total. The first-order valence-corrected chi connectivity index (χ1v) is 14.4. The standard InChI is InChI=1S/C29H28FN3O6S/c1-3-5-9-25-32-28(34)27(29(35)33(25)23(4-2)22-7-6-8-24-26(22)39-17-38-24)40(36,37)21-12-10-18(11-13-21)19-14-20(30)16-31-15-19/h6-8,10-16,23,34H,3-5,9,17H2,1-2H3/t23-/m0/s1. The number of nitrogens with zero attached hydrogens (tertiary/aromatic N) is 3. The van der Waals surface area contributed by atoms with Gasteiger partial charge in [-0.2, -0.15) is 4.98 Å². The fraction of sp³-hybridized carbons (Fsp3) is 0.276. The minimum absolute atomic E-state index is 0.0372. The van der Waals surface area contributed by atoms with Gasteiger partial charge in [0.15, 0.2) is 16.4 Å². The molecule has 0 radical (unpaired) electrons. The molecular formula is C29H28FN3O6S. The van der Waals surface area contributed by atoms with E-state index in [1.807, 2.05) is 13.8 Å². The zero-order valence-electron chi connectivity index (χ0n) is 22.0. The highest BCUT2D eigenvalue weighted by Gasteiger charge is 2.33. The number of aromatic hydroxyl groups is 1. The lowest BCUT2D eigenvalue weighted by molar-refractivity contribution is 0.172. The number of halogens is 1. The average Bonchev–Trinajstić information content (AvgIpc) is 3.43. The van der Waals surface area contributed by atoms with Gasteiger partial charge in [0.1, 0.15) is 11.6 Å². The van der Waals surface area contributed by atoms with Gasteiger partial charge in [-0.1, -0.05) is 44.5 Å². The summed E-state index contributed by atoms with van der Waals surface area (Å²) in [6, 6.07) is 11.6. The molecule has 1 N–H and O–H groups in total. The number of ether oxygens (including phenoxy) is 2. The molecule has 0 unspecified atom stereocenters. The molecule has 1 atom stereocenters. The predicted molar refractivity (Wildman–Crippen MR) is 145 cm³/mol. The van der Waals surface area contributed by atoms with E-state index in [9.17, 15) is 22.7 Å². The van der Waals surface area contributed by atoms with Crippen molar-refractivity contribution in [2.24, 2.45) is 0 Å². The van der Waals surface area contributed by atoms with Crippen LogP contribution < -0.4 is 15.0 Å². The third-order valence-corrected chi connectivity index (χ3v) is 8.63. The lowest BCUT2D eigenvalue weighted by Crippen LogP contribution is -2.33. The number of para-hydroxylation sites is 1. The minimum atomic E-state index is -4.49. The molecule has 2 aromatic carbocycles. The number of rotatable bonds is 9. The van der Waals surface area contributed by atoms with Crippen molar-refractivity contribution >= 4 is 9.84 Å². The molecule has 208 valence electrons. The molecule has 0 fully saturated rings. The summed E-state index contributed by atoms with van der Waals surface area (Å²) in [6.07, 6.45) is 4.78. The number of benzene rings is 2. The summed E-state index contributed by atoms with van der Waals surface area (Å²) in [5.74, 6) is -0.0746. The Balaban J connectivity index is 1.65. The van der Waals surface area contributed by atoms with Crippen LogP contribution in [0.4, 0.5) is 4.39 Å². The Morgan fingerprint density at radius 3 is 2.55 bits per heavy atom. The van der Waals surface area contributed by atoms with Gasteiger partial charge >= 0.3 is 0 Å². The third-order valence-electron chi connectivity index (χ3n) is 6.84. The summed E-state index contributed by atoms with van der Waals surface area (Å²) < 4.78 is 53.7. The first-order valence-electron chi connectivity index (χ1n) is 12.9. The Labute approximate surface area is 230 Å². The van der Waals surface area contributed by atoms with E-state index in [2.05, 4.69) is 9.97 Å². The van der Waals surface area contributed by atoms with E-state index in [0.717, 1.165) is 12.6 Å². The highest BCUT2D eigenvalue weighted by molar-refractivity contribution is 7.91. The second kappa shape index (κ2) is 11.1. The Morgan fingerprint density at radius 1 is 1.07 bits per heavy atom. The van der Waals surface area contributed by atoms with E-state index in [4.69, 9.17) is 9.47 Å². The van der Waals surface area contributed by atoms with Crippen LogP contribution in [0, 0.1) is 5.82 Å². The van der Waals surface area contributed by atoms with Crippen LogP contribution in [0.2, 0.25) is 0 Å². The SMILES string of the molecule is CCCCc1nc(O)c(S(=O)(=O)c2ccc(-c3cncc(F)c3)cc2)c(=O)n1[C@@H](CC)c1cccc2c1OCO2. The molecule has 0 aliphatic carbocycles. The van der Waals surface area contributed by atoms with Crippen molar-refractivity contribution in [3.8, 4) is 28.5 Å². The zero-order valence-corrected chi connectivity index (χ0v) is 22.8. The number of hydrogen-bond acceptors (Lipinski definition) is 8. The normalized spacial score (nSPS) is 13.4. The largest absolute Gasteiger partial charge is 0.492 e. The van der Waals surface area contributed by atoms with Gasteiger partial charge in [0.2, 0.25) is 22.5 Å². The highest BCUT2D eigenvalue weighted by Crippen LogP contribution is 2.41. The lowest BCUT2D eigenvalue weighted by Gasteiger charge is -2.24. The highest BCUT2D eigenvalue weighted by atomic mass is 32.2. The number of hydrogen-bond donors (Lipinski definition) is 1. The molecule has 0 spiro atoms. The van der Waals surface area contributed by atoms with Crippen molar-refractivity contribution in [3.05, 3.63) is 88.5 Å². The van der Waals surface area contributed by atoms with Gasteiger partial charge in [-0.15, -0.1) is 0 Å². The van der Waals surface area contributed by atoms with Crippen LogP contribution in [0.25, 0.3) is 11.1 Å². The molecule has 0 saturated carbocycles. The van der Waals surface area contributed by atoms with Gasteiger partial charge in [-0.05, 0) is 42.7 Å². The average molecular weight is 566 g/mol. The number of pyridine rings is 1. The number of fused-ring (bicyclic) bond motifs is 1. The van der Waals surface area contributed by atoms with Crippen LogP contribution in [-0.2, 0) is 16.3 Å². The maximum atomic E-state index is 14.1. The van der Waals surface area contributed by atoms with Gasteiger partial charge in [0.25, 0.3) is 5.56 Å². The van der Waals surface area contributed by atoms with E-state index in [1.54, 1.807) is 18.2 Å². The molecule has 1 aliphatic heterocycles. The molecule has 5 rings (SSSR count). The third kappa shape index (κ3) is 4.92. The molecular weight excluding hydrogens is 537 g/mol. The van der Waals surface area contributed by atoms with Crippen molar-refractivity contribution in [3.63, 3.8) is 0 Å². The summed E-state index contributed by atoms with van der Waals surface area (Å²) in [7, 11) is -4.49. The van der Waals surface area contributed by atoms with E-state index in [0.29, 0.717) is 47.5 Å². The van der Waals surface area contributed by atoms with Crippen LogP contribution in [0.15, 0.2) is 75.5 Å². The van der Waals surface area contributed by atoms with Gasteiger partial charge in [-0.25, -0.2) is 12.8 Å². The van der Waals surface area contributed by atoms with E-state index < -0.39 is 38.0 Å². The van der Waals surface area contributed by atoms with Gasteiger partial charge < -0.3 is 14.6 Å². The van der Waals surface area contributed by atoms with Crippen LogP contribution in [0.3, 0.4) is 0 Å². The number of sulfone groups is 1. The van der Waals surface area contributed by atoms with Crippen molar-refractivity contribution in [1.82, 2.24) is 14.5 Å². The summed E-state index contributed by atoms with van der Waals surface area (Å²) in [5, 5.41) is 10.8. The Hall–Kier alpha value is -4.25. The first kappa shape index (κ1) is 27.3. The maximum Gasteiger partial charge on any atom is 0.277 e. The first-order chi connectivity index (χ1) is 19.3. The summed E-state index contributed by atoms with van der Waals surface area (Å²) in [4.78, 5) is 21.1. The van der Waals surface area contributed by atoms with Crippen LogP contribution in [-0.4, -0.2) is 34.9 Å². The second-order valence-corrected chi connectivity index (χ2v) is 11.3. The smallest absolute Gasteiger partial charge is 0.277 e. The minimum Gasteiger partial charge on any atom is -0.492 e. The van der Waals surface area contributed by atoms with Gasteiger partial charge in [0.05, 0.1) is 17.1 Å². The molecule has 40 heavy (non-hydrogen) atoms. The van der Waals surface area contributed by atoms with Crippen molar-refractivity contribution in [2.45, 2.75) is 55.4 Å². The predicted octanol–water partition coefficient (Wildman–Crippen LogP) is 5.05. The lowest BCUT2D eigenvalue weighted by atomic mass is 10.0. The van der Waals surface area contributed by atoms with Crippen LogP contribution in [0.1, 0.15) is 50.5 Å². The molecule has 3 heterocycles. The van der Waals surface area contributed by atoms with Gasteiger partial charge in [0, 0.05) is 23.7 Å². The molecule has 0 bridgehead atoms. The van der Waals surface area contributed by atoms with Crippen molar-refractivity contribution < 1.29 is 27.4 Å². The molecule has 1 aliphatic rings.